The molecule has 1 unspecified atom stereocenters. The minimum atomic E-state index is -0.998. The van der Waals surface area contributed by atoms with Crippen LogP contribution in [0.4, 0.5) is 0 Å². The lowest BCUT2D eigenvalue weighted by Crippen LogP contribution is -2.48. The van der Waals surface area contributed by atoms with Gasteiger partial charge in [-0.25, -0.2) is 4.79 Å². The normalized spacial score (nSPS) is 33.9. The quantitative estimate of drug-likeness (QED) is 0.789. The van der Waals surface area contributed by atoms with Gasteiger partial charge in [-0.3, -0.25) is 4.79 Å². The number of nitrogens with one attached hydrogen (secondary N) is 1. The maximum Gasteiger partial charge on any atom is 0.332 e. The van der Waals surface area contributed by atoms with Crippen molar-refractivity contribution in [2.45, 2.75) is 63.4 Å². The Kier molecular flexibility index (Phi) is 4.10. The molecule has 0 bridgehead atoms. The number of ether oxygens (including phenoxy) is 2. The van der Waals surface area contributed by atoms with Crippen molar-refractivity contribution in [3.05, 3.63) is 0 Å². The largest absolute Gasteiger partial charge is 0.479 e. The van der Waals surface area contributed by atoms with Gasteiger partial charge in [0.1, 0.15) is 6.10 Å². The second-order valence-electron chi connectivity index (χ2n) is 5.84. The van der Waals surface area contributed by atoms with E-state index in [1.165, 1.54) is 0 Å². The molecule has 1 amide bonds. The van der Waals surface area contributed by atoms with Crippen LogP contribution in [-0.2, 0) is 19.1 Å². The van der Waals surface area contributed by atoms with Crippen molar-refractivity contribution in [1.29, 1.82) is 0 Å². The van der Waals surface area contributed by atoms with E-state index in [1.54, 1.807) is 0 Å². The summed E-state index contributed by atoms with van der Waals surface area (Å²) in [5.74, 6) is -1.20. The fourth-order valence-corrected chi connectivity index (χ4v) is 2.66. The summed E-state index contributed by atoms with van der Waals surface area (Å²) in [5, 5.41) is 11.8. The predicted octanol–water partition coefficient (Wildman–Crippen LogP) is 0.692. The number of carbonyl (C=O) groups is 2. The summed E-state index contributed by atoms with van der Waals surface area (Å²) < 4.78 is 10.8. The van der Waals surface area contributed by atoms with Gasteiger partial charge in [0.2, 0.25) is 5.91 Å². The smallest absolute Gasteiger partial charge is 0.332 e. The molecule has 0 radical (unpaired) electrons. The number of hydrogen-bond donors (Lipinski definition) is 2. The molecule has 3 atom stereocenters. The number of rotatable bonds is 3. The van der Waals surface area contributed by atoms with Gasteiger partial charge in [-0.1, -0.05) is 0 Å². The van der Waals surface area contributed by atoms with Gasteiger partial charge in [0.25, 0.3) is 0 Å². The average molecular weight is 271 g/mol. The molecule has 2 heterocycles. The van der Waals surface area contributed by atoms with Crippen molar-refractivity contribution < 1.29 is 24.2 Å². The van der Waals surface area contributed by atoms with Crippen LogP contribution < -0.4 is 5.32 Å². The first-order valence-electron chi connectivity index (χ1n) is 6.70. The molecule has 6 heteroatoms. The van der Waals surface area contributed by atoms with E-state index >= 15 is 0 Å². The fourth-order valence-electron chi connectivity index (χ4n) is 2.66. The molecule has 0 aliphatic carbocycles. The zero-order valence-electron chi connectivity index (χ0n) is 11.3. The third kappa shape index (κ3) is 3.67. The molecule has 2 aliphatic heterocycles. The molecular formula is C13H21NO5. The van der Waals surface area contributed by atoms with Gasteiger partial charge in [0.15, 0.2) is 6.10 Å². The Balaban J connectivity index is 1.83. The average Bonchev–Trinajstić information content (AvgIpc) is 2.76. The van der Waals surface area contributed by atoms with E-state index in [0.29, 0.717) is 19.4 Å². The Morgan fingerprint density at radius 1 is 1.21 bits per heavy atom. The Bertz CT molecular complexity index is 368. The number of carboxylic acids is 1. The lowest BCUT2D eigenvalue weighted by Gasteiger charge is -2.36. The number of carboxylic acid groups (broad SMARTS) is 1. The van der Waals surface area contributed by atoms with E-state index in [1.807, 2.05) is 13.8 Å². The van der Waals surface area contributed by atoms with Crippen LogP contribution in [0.25, 0.3) is 0 Å². The Morgan fingerprint density at radius 3 is 2.47 bits per heavy atom. The monoisotopic (exact) mass is 271 g/mol. The molecule has 0 spiro atoms. The summed E-state index contributed by atoms with van der Waals surface area (Å²) >= 11 is 0. The van der Waals surface area contributed by atoms with Gasteiger partial charge in [0.05, 0.1) is 5.60 Å². The maximum absolute atomic E-state index is 12.0. The molecule has 2 fully saturated rings. The van der Waals surface area contributed by atoms with Crippen LogP contribution in [0.1, 0.15) is 39.5 Å². The molecule has 0 aromatic rings. The summed E-state index contributed by atoms with van der Waals surface area (Å²) in [4.78, 5) is 22.8. The van der Waals surface area contributed by atoms with Crippen LogP contribution in [0.2, 0.25) is 0 Å². The first kappa shape index (κ1) is 14.3. The van der Waals surface area contributed by atoms with E-state index in [-0.39, 0.29) is 17.6 Å². The van der Waals surface area contributed by atoms with Crippen LogP contribution in [0.5, 0.6) is 0 Å². The highest BCUT2D eigenvalue weighted by atomic mass is 16.5. The van der Waals surface area contributed by atoms with Crippen molar-refractivity contribution >= 4 is 11.9 Å². The van der Waals surface area contributed by atoms with Gasteiger partial charge in [-0.2, -0.15) is 0 Å². The van der Waals surface area contributed by atoms with Crippen LogP contribution >= 0.6 is 0 Å². The molecule has 2 rings (SSSR count). The Morgan fingerprint density at radius 2 is 1.89 bits per heavy atom. The minimum Gasteiger partial charge on any atom is -0.479 e. The highest BCUT2D eigenvalue weighted by molar-refractivity contribution is 5.82. The SMILES string of the molecule is CC1(C)CC(NC(=O)[C@@H]2CC[C@H](C(=O)O)O2)CCO1. The topological polar surface area (TPSA) is 84.9 Å². The molecule has 2 N–H and O–H groups in total. The number of aliphatic carboxylic acids is 1. The summed E-state index contributed by atoms with van der Waals surface area (Å²) in [7, 11) is 0. The minimum absolute atomic E-state index is 0.0729. The number of hydrogen-bond acceptors (Lipinski definition) is 4. The Hall–Kier alpha value is -1.14. The zero-order valence-corrected chi connectivity index (χ0v) is 11.3. The summed E-state index contributed by atoms with van der Waals surface area (Å²) in [5.41, 5.74) is -0.226. The Labute approximate surface area is 112 Å². The number of carbonyl (C=O) groups excluding carboxylic acids is 1. The van der Waals surface area contributed by atoms with Gasteiger partial charge in [-0.05, 0) is 39.5 Å². The predicted molar refractivity (Wildman–Crippen MR) is 66.7 cm³/mol. The summed E-state index contributed by atoms with van der Waals surface area (Å²) in [6, 6.07) is 0.0729. The van der Waals surface area contributed by atoms with Gasteiger partial charge in [-0.15, -0.1) is 0 Å². The standard InChI is InChI=1S/C13H21NO5/c1-13(2)7-8(5-6-18-13)14-11(15)9-3-4-10(19-9)12(16)17/h8-10H,3-7H2,1-2H3,(H,14,15)(H,16,17)/t8?,9-,10+/m0/s1. The second-order valence-corrected chi connectivity index (χ2v) is 5.84. The molecule has 0 aromatic heterocycles. The van der Waals surface area contributed by atoms with Crippen molar-refractivity contribution in [1.82, 2.24) is 5.32 Å². The molecule has 2 aliphatic rings. The summed E-state index contributed by atoms with van der Waals surface area (Å²) in [6.45, 7) is 4.62. The third-order valence-electron chi connectivity index (χ3n) is 3.63. The molecular weight excluding hydrogens is 250 g/mol. The molecule has 0 aromatic carbocycles. The first-order chi connectivity index (χ1) is 8.87. The van der Waals surface area contributed by atoms with Crippen molar-refractivity contribution in [3.63, 3.8) is 0 Å². The van der Waals surface area contributed by atoms with Crippen LogP contribution in [0, 0.1) is 0 Å². The molecule has 6 nitrogen and oxygen atoms in total. The molecule has 2 saturated heterocycles. The van der Waals surface area contributed by atoms with E-state index < -0.39 is 18.2 Å². The van der Waals surface area contributed by atoms with Crippen LogP contribution in [-0.4, -0.2) is 47.4 Å². The van der Waals surface area contributed by atoms with E-state index in [4.69, 9.17) is 14.6 Å². The van der Waals surface area contributed by atoms with E-state index in [9.17, 15) is 9.59 Å². The van der Waals surface area contributed by atoms with Crippen LogP contribution in [0.15, 0.2) is 0 Å². The first-order valence-corrected chi connectivity index (χ1v) is 6.70. The zero-order chi connectivity index (χ0) is 14.0. The lowest BCUT2D eigenvalue weighted by molar-refractivity contribution is -0.152. The highest BCUT2D eigenvalue weighted by Crippen LogP contribution is 2.25. The van der Waals surface area contributed by atoms with Crippen molar-refractivity contribution in [2.24, 2.45) is 0 Å². The second kappa shape index (κ2) is 5.46. The van der Waals surface area contributed by atoms with Gasteiger partial charge >= 0.3 is 5.97 Å². The maximum atomic E-state index is 12.0. The van der Waals surface area contributed by atoms with Crippen LogP contribution in [0.3, 0.4) is 0 Å². The fraction of sp³-hybridized carbons (Fsp3) is 0.846. The van der Waals surface area contributed by atoms with Crippen molar-refractivity contribution in [3.8, 4) is 0 Å². The van der Waals surface area contributed by atoms with Gasteiger partial charge in [0, 0.05) is 12.6 Å². The molecule has 108 valence electrons. The summed E-state index contributed by atoms with van der Waals surface area (Å²) in [6.07, 6.45) is 0.925. The molecule has 0 saturated carbocycles. The van der Waals surface area contributed by atoms with Crippen molar-refractivity contribution in [2.75, 3.05) is 6.61 Å². The lowest BCUT2D eigenvalue weighted by atomic mass is 9.94. The third-order valence-corrected chi connectivity index (χ3v) is 3.63. The van der Waals surface area contributed by atoms with Gasteiger partial charge < -0.3 is 19.9 Å². The number of amides is 1. The highest BCUT2D eigenvalue weighted by Gasteiger charge is 2.36. The van der Waals surface area contributed by atoms with E-state index in [2.05, 4.69) is 5.32 Å². The molecule has 19 heavy (non-hydrogen) atoms. The van der Waals surface area contributed by atoms with E-state index in [0.717, 1.165) is 12.8 Å².